The van der Waals surface area contributed by atoms with E-state index in [1.807, 2.05) is 0 Å². The van der Waals surface area contributed by atoms with Crippen LogP contribution in [0, 0.1) is 5.92 Å². The van der Waals surface area contributed by atoms with Crippen LogP contribution in [0.3, 0.4) is 0 Å². The average molecular weight is 470 g/mol. The number of hydrogen-bond acceptors (Lipinski definition) is 5. The predicted molar refractivity (Wildman–Crippen MR) is 97.7 cm³/mol. The largest absolute Gasteiger partial charge is 0.490 e. The molecule has 1 heterocycles. The molecule has 1 atom stereocenters. The van der Waals surface area contributed by atoms with Gasteiger partial charge in [0.2, 0.25) is 5.91 Å². The van der Waals surface area contributed by atoms with Crippen LogP contribution in [0.5, 0.6) is 0 Å². The van der Waals surface area contributed by atoms with Gasteiger partial charge in [-0.1, -0.05) is 17.7 Å². The molecule has 3 rings (SSSR count). The second-order valence-corrected chi connectivity index (χ2v) is 6.88. The molecule has 0 saturated heterocycles. The molecule has 1 aliphatic rings. The van der Waals surface area contributed by atoms with Crippen molar-refractivity contribution in [3.05, 3.63) is 40.9 Å². The second kappa shape index (κ2) is 10.0. The molecule has 1 aliphatic carbocycles. The van der Waals surface area contributed by atoms with E-state index in [9.17, 15) is 26.7 Å². The fourth-order valence-electron chi connectivity index (χ4n) is 2.33. The maximum absolute atomic E-state index is 13.0. The van der Waals surface area contributed by atoms with Crippen molar-refractivity contribution in [3.63, 3.8) is 0 Å². The quantitative estimate of drug-likeness (QED) is 0.559. The van der Waals surface area contributed by atoms with Gasteiger partial charge in [-0.3, -0.25) is 4.79 Å². The normalized spacial score (nSPS) is 14.6. The molecule has 1 saturated carbocycles. The average Bonchev–Trinajstić information content (AvgIpc) is 3.42. The summed E-state index contributed by atoms with van der Waals surface area (Å²) in [6.07, 6.45) is -5.00. The number of amides is 1. The Morgan fingerprint density at radius 2 is 1.94 bits per heavy atom. The summed E-state index contributed by atoms with van der Waals surface area (Å²) in [4.78, 5) is 24.1. The first kappa shape index (κ1) is 24.5. The lowest BCUT2D eigenvalue weighted by atomic mass is 10.1. The zero-order valence-corrected chi connectivity index (χ0v) is 16.4. The summed E-state index contributed by atoms with van der Waals surface area (Å²) < 4.78 is 58.7. The van der Waals surface area contributed by atoms with Crippen molar-refractivity contribution in [2.24, 2.45) is 11.7 Å². The molecule has 8 nitrogen and oxygen atoms in total. The molecule has 1 unspecified atom stereocenters. The van der Waals surface area contributed by atoms with Gasteiger partial charge in [0.25, 0.3) is 6.43 Å². The lowest BCUT2D eigenvalue weighted by molar-refractivity contribution is -0.192. The minimum absolute atomic E-state index is 0.00380. The highest BCUT2D eigenvalue weighted by Crippen LogP contribution is 2.29. The standard InChI is InChI=1S/C15H16ClF2N5O.C2HF3O2/c16-10-4-3-9(11(19)6-20-15(24)8-1-2-8)5-12(10)23-14(13(17)18)21-7-22-23;3-2(4,5)1(6)7/h3-5,7-8,11,13H,1-2,6,19H2,(H,20,24);(H,6,7). The summed E-state index contributed by atoms with van der Waals surface area (Å²) >= 11 is 6.10. The number of carbonyl (C=O) groups excluding carboxylic acids is 1. The number of hydrogen-bond donors (Lipinski definition) is 3. The summed E-state index contributed by atoms with van der Waals surface area (Å²) in [5.41, 5.74) is 7.01. The smallest absolute Gasteiger partial charge is 0.475 e. The Morgan fingerprint density at radius 1 is 1.32 bits per heavy atom. The zero-order valence-electron chi connectivity index (χ0n) is 15.6. The van der Waals surface area contributed by atoms with Crippen molar-refractivity contribution >= 4 is 23.5 Å². The van der Waals surface area contributed by atoms with E-state index in [1.54, 1.807) is 18.2 Å². The molecule has 14 heteroatoms. The van der Waals surface area contributed by atoms with Crippen LogP contribution in [0.4, 0.5) is 22.0 Å². The molecule has 31 heavy (non-hydrogen) atoms. The zero-order chi connectivity index (χ0) is 23.3. The Bertz CT molecular complexity index is 933. The van der Waals surface area contributed by atoms with E-state index in [4.69, 9.17) is 27.2 Å². The number of carboxylic acid groups (broad SMARTS) is 1. The van der Waals surface area contributed by atoms with Crippen LogP contribution in [-0.2, 0) is 9.59 Å². The third-order valence-electron chi connectivity index (χ3n) is 4.08. The molecule has 4 N–H and O–H groups in total. The minimum atomic E-state index is -5.08. The first-order valence-corrected chi connectivity index (χ1v) is 9.11. The van der Waals surface area contributed by atoms with Crippen LogP contribution in [0.2, 0.25) is 5.02 Å². The van der Waals surface area contributed by atoms with Crippen LogP contribution in [0.1, 0.15) is 36.7 Å². The molecule has 1 aromatic carbocycles. The summed E-state index contributed by atoms with van der Waals surface area (Å²) in [5, 5.41) is 14.0. The van der Waals surface area contributed by atoms with Gasteiger partial charge in [0.05, 0.1) is 10.7 Å². The van der Waals surface area contributed by atoms with E-state index >= 15 is 0 Å². The van der Waals surface area contributed by atoms with Crippen molar-refractivity contribution in [1.82, 2.24) is 20.1 Å². The Labute approximate surface area is 177 Å². The van der Waals surface area contributed by atoms with E-state index in [0.717, 1.165) is 23.9 Å². The lowest BCUT2D eigenvalue weighted by Crippen LogP contribution is -2.32. The highest BCUT2D eigenvalue weighted by atomic mass is 35.5. The third kappa shape index (κ3) is 6.85. The molecule has 0 bridgehead atoms. The van der Waals surface area contributed by atoms with Gasteiger partial charge < -0.3 is 16.2 Å². The fourth-order valence-corrected chi connectivity index (χ4v) is 2.52. The van der Waals surface area contributed by atoms with Gasteiger partial charge in [-0.15, -0.1) is 0 Å². The number of nitrogens with one attached hydrogen (secondary N) is 1. The predicted octanol–water partition coefficient (Wildman–Crippen LogP) is 3.02. The monoisotopic (exact) mass is 469 g/mol. The number of carbonyl (C=O) groups is 2. The van der Waals surface area contributed by atoms with Crippen LogP contribution in [0.15, 0.2) is 24.5 Å². The second-order valence-electron chi connectivity index (χ2n) is 6.47. The summed E-state index contributed by atoms with van der Waals surface area (Å²) in [6.45, 7) is 0.259. The molecule has 0 radical (unpaired) electrons. The minimum Gasteiger partial charge on any atom is -0.475 e. The SMILES string of the molecule is NC(CNC(=O)C1CC1)c1ccc(Cl)c(-n2ncnc2C(F)F)c1.O=C(O)C(F)(F)F. The van der Waals surface area contributed by atoms with Crippen molar-refractivity contribution < 1.29 is 36.6 Å². The van der Waals surface area contributed by atoms with Crippen LogP contribution >= 0.6 is 11.6 Å². The summed E-state index contributed by atoms with van der Waals surface area (Å²) in [7, 11) is 0. The molecule has 1 fully saturated rings. The Hall–Kier alpha value is -2.80. The number of alkyl halides is 5. The molecular weight excluding hydrogens is 453 g/mol. The molecule has 2 aromatic rings. The highest BCUT2D eigenvalue weighted by molar-refractivity contribution is 6.32. The lowest BCUT2D eigenvalue weighted by Gasteiger charge is -2.15. The first-order chi connectivity index (χ1) is 14.4. The Morgan fingerprint density at radius 3 is 2.45 bits per heavy atom. The van der Waals surface area contributed by atoms with E-state index in [2.05, 4.69) is 15.4 Å². The number of halogens is 6. The van der Waals surface area contributed by atoms with E-state index < -0.39 is 30.4 Å². The van der Waals surface area contributed by atoms with Gasteiger partial charge in [-0.05, 0) is 30.5 Å². The number of aliphatic carboxylic acids is 1. The third-order valence-corrected chi connectivity index (χ3v) is 4.40. The molecule has 1 amide bonds. The molecule has 0 spiro atoms. The van der Waals surface area contributed by atoms with Crippen LogP contribution in [-0.4, -0.2) is 44.5 Å². The maximum Gasteiger partial charge on any atom is 0.490 e. The highest BCUT2D eigenvalue weighted by Gasteiger charge is 2.38. The van der Waals surface area contributed by atoms with Crippen LogP contribution in [0.25, 0.3) is 5.69 Å². The number of rotatable bonds is 6. The number of carboxylic acids is 1. The van der Waals surface area contributed by atoms with E-state index in [-0.39, 0.29) is 29.1 Å². The van der Waals surface area contributed by atoms with Gasteiger partial charge in [-0.25, -0.2) is 23.2 Å². The van der Waals surface area contributed by atoms with Gasteiger partial charge in [0, 0.05) is 18.5 Å². The molecule has 170 valence electrons. The number of nitrogens with two attached hydrogens (primary N) is 1. The van der Waals surface area contributed by atoms with Gasteiger partial charge in [0.1, 0.15) is 6.33 Å². The summed E-state index contributed by atoms with van der Waals surface area (Å²) in [6, 6.07) is 4.35. The van der Waals surface area contributed by atoms with Crippen molar-refractivity contribution in [1.29, 1.82) is 0 Å². The fraction of sp³-hybridized carbons (Fsp3) is 0.412. The molecular formula is C17H17ClF5N5O3. The number of aromatic nitrogens is 3. The van der Waals surface area contributed by atoms with Crippen LogP contribution < -0.4 is 11.1 Å². The van der Waals surface area contributed by atoms with Gasteiger partial charge in [-0.2, -0.15) is 18.3 Å². The topological polar surface area (TPSA) is 123 Å². The van der Waals surface area contributed by atoms with E-state index in [1.165, 1.54) is 0 Å². The van der Waals surface area contributed by atoms with Crippen molar-refractivity contribution in [2.75, 3.05) is 6.54 Å². The van der Waals surface area contributed by atoms with Crippen molar-refractivity contribution in [3.8, 4) is 5.69 Å². The Balaban J connectivity index is 0.000000423. The maximum atomic E-state index is 13.0. The Kier molecular flexibility index (Phi) is 7.90. The van der Waals surface area contributed by atoms with E-state index in [0.29, 0.717) is 5.56 Å². The molecule has 0 aliphatic heterocycles. The first-order valence-electron chi connectivity index (χ1n) is 8.73. The molecule has 1 aromatic heterocycles. The summed E-state index contributed by atoms with van der Waals surface area (Å²) in [5.74, 6) is -3.16. The number of nitrogens with zero attached hydrogens (tertiary/aromatic N) is 3. The van der Waals surface area contributed by atoms with Gasteiger partial charge in [0.15, 0.2) is 5.82 Å². The number of benzene rings is 1. The van der Waals surface area contributed by atoms with Crippen molar-refractivity contribution in [2.45, 2.75) is 31.5 Å². The van der Waals surface area contributed by atoms with Gasteiger partial charge >= 0.3 is 12.1 Å².